The summed E-state index contributed by atoms with van der Waals surface area (Å²) in [7, 11) is 0. The van der Waals surface area contributed by atoms with E-state index in [-0.39, 0.29) is 52.3 Å². The fourth-order valence-corrected chi connectivity index (χ4v) is 10.2. The van der Waals surface area contributed by atoms with E-state index in [2.05, 4.69) is 21.3 Å². The number of carbonyl (C=O) groups is 9. The number of benzene rings is 1. The number of rotatable bonds is 22. The number of phenols is 2. The number of amides is 4. The number of carboxylic acid groups (broad SMARTS) is 4. The van der Waals surface area contributed by atoms with Crippen LogP contribution in [0.5, 0.6) is 11.5 Å². The van der Waals surface area contributed by atoms with Crippen molar-refractivity contribution in [3.05, 3.63) is 22.8 Å². The first kappa shape index (κ1) is 48.3. The first-order valence-corrected chi connectivity index (χ1v) is 21.3. The summed E-state index contributed by atoms with van der Waals surface area (Å²) in [5.41, 5.74) is 12.4. The van der Waals surface area contributed by atoms with E-state index in [1.54, 1.807) is 0 Å². The highest BCUT2D eigenvalue weighted by Crippen LogP contribution is 2.61. The van der Waals surface area contributed by atoms with Crippen LogP contribution in [0.3, 0.4) is 0 Å². The Hall–Kier alpha value is -5.39. The average molecular weight is 895 g/mol. The predicted molar refractivity (Wildman–Crippen MR) is 216 cm³/mol. The van der Waals surface area contributed by atoms with Gasteiger partial charge in [-0.2, -0.15) is 0 Å². The molecule has 0 bridgehead atoms. The second kappa shape index (κ2) is 20.9. The fraction of sp³-hybridized carbons (Fsp3) is 0.553. The van der Waals surface area contributed by atoms with Gasteiger partial charge in [-0.05, 0) is 55.6 Å². The van der Waals surface area contributed by atoms with E-state index in [0.717, 1.165) is 29.1 Å². The maximum Gasteiger partial charge on any atom is 0.322 e. The molecule has 334 valence electrons. The molecule has 14 N–H and O–H groups in total. The number of nitrogens with two attached hydrogens (primary N) is 2. The molecule has 4 amide bonds. The van der Waals surface area contributed by atoms with E-state index in [9.17, 15) is 58.5 Å². The topological polar surface area (TPSA) is 375 Å². The molecule has 1 aromatic carbocycles. The van der Waals surface area contributed by atoms with E-state index in [1.807, 2.05) is 13.0 Å². The van der Waals surface area contributed by atoms with Gasteiger partial charge in [0.05, 0.1) is 9.79 Å². The number of hydrogen-bond acceptors (Lipinski definition) is 15. The molecule has 23 heteroatoms. The van der Waals surface area contributed by atoms with Crippen LogP contribution in [-0.2, 0) is 49.6 Å². The van der Waals surface area contributed by atoms with E-state index >= 15 is 0 Å². The molecule has 3 aliphatic carbocycles. The molecule has 0 aromatic heterocycles. The van der Waals surface area contributed by atoms with Crippen LogP contribution >= 0.6 is 23.5 Å². The molecule has 0 radical (unpaired) electrons. The van der Waals surface area contributed by atoms with E-state index < -0.39 is 120 Å². The summed E-state index contributed by atoms with van der Waals surface area (Å²) in [6.07, 6.45) is 2.71. The van der Waals surface area contributed by atoms with Gasteiger partial charge in [0.25, 0.3) is 0 Å². The molecule has 4 rings (SSSR count). The maximum atomic E-state index is 13.2. The summed E-state index contributed by atoms with van der Waals surface area (Å²) in [5.74, 6) is -11.1. The Kier molecular flexibility index (Phi) is 16.6. The van der Waals surface area contributed by atoms with Gasteiger partial charge in [-0.25, -0.2) is 0 Å². The number of aliphatic carboxylic acids is 4. The van der Waals surface area contributed by atoms with Crippen LogP contribution in [-0.4, -0.2) is 133 Å². The number of allylic oxidation sites excluding steroid dienone is 2. The Bertz CT molecular complexity index is 2000. The minimum Gasteiger partial charge on any atom is -0.503 e. The third-order valence-electron chi connectivity index (χ3n) is 11.1. The van der Waals surface area contributed by atoms with Crippen molar-refractivity contribution in [3.8, 4) is 11.5 Å². The SMILES string of the molecule is C[C@]12CC[C@H]3C(=CCc4c(SC[C@@H](NC(=O)CC[C@H](N)C(=O)O)C(=O)NCC(=O)O)c(O)c(O)c(SC[C@@H](NC(=O)CC[C@H](N)C(=O)O)C(=O)NCC(=O)O)c43)[C@@H]1CCC2=O. The first-order chi connectivity index (χ1) is 28.7. The van der Waals surface area contributed by atoms with Gasteiger partial charge in [-0.3, -0.25) is 43.2 Å². The number of nitrogens with one attached hydrogen (secondary N) is 4. The zero-order valence-electron chi connectivity index (χ0n) is 33.1. The lowest BCUT2D eigenvalue weighted by Gasteiger charge is -2.44. The number of hydrogen-bond donors (Lipinski definition) is 12. The fourth-order valence-electron chi connectivity index (χ4n) is 7.83. The molecule has 21 nitrogen and oxygen atoms in total. The van der Waals surface area contributed by atoms with Gasteiger partial charge in [0.1, 0.15) is 43.0 Å². The Morgan fingerprint density at radius 3 is 1.72 bits per heavy atom. The summed E-state index contributed by atoms with van der Waals surface area (Å²) < 4.78 is 0. The minimum atomic E-state index is -1.43. The molecule has 0 spiro atoms. The maximum absolute atomic E-state index is 13.2. The third kappa shape index (κ3) is 11.9. The van der Waals surface area contributed by atoms with Gasteiger partial charge in [0, 0.05) is 42.1 Å². The highest BCUT2D eigenvalue weighted by atomic mass is 32.2. The monoisotopic (exact) mass is 894 g/mol. The van der Waals surface area contributed by atoms with Crippen molar-refractivity contribution >= 4 is 76.8 Å². The standard InChI is InChI=1S/C38H50N6O15S2/c1-38-11-10-17-16(19(38)4-7-24(38)45)2-3-18-29(17)33(61-15-23(35(55)42-13-28(50)51)44-26(47)9-6-21(40)37(58)59)31(53)30(52)32(18)60-14-22(34(54)41-12-27(48)49)43-25(46)8-5-20(39)36(56)57/h2,17,19-23,52-53H,3-15,39-40H2,1H3,(H,41,54)(H,42,55)(H,43,46)(H,44,47)(H,48,49)(H,50,51)(H,56,57)(H,58,59)/t17-,19-,20-,21-,22+,23+,38-/m0/s1. The molecule has 3 aliphatic rings. The van der Waals surface area contributed by atoms with E-state index in [0.29, 0.717) is 36.8 Å². The largest absolute Gasteiger partial charge is 0.503 e. The van der Waals surface area contributed by atoms with Crippen LogP contribution in [0.25, 0.3) is 0 Å². The van der Waals surface area contributed by atoms with Crippen LogP contribution in [0.2, 0.25) is 0 Å². The summed E-state index contributed by atoms with van der Waals surface area (Å²) in [4.78, 5) is 110. The Morgan fingerprint density at radius 1 is 0.770 bits per heavy atom. The van der Waals surface area contributed by atoms with Crippen LogP contribution in [0.4, 0.5) is 0 Å². The third-order valence-corrected chi connectivity index (χ3v) is 13.6. The van der Waals surface area contributed by atoms with Gasteiger partial charge in [0.2, 0.25) is 23.6 Å². The van der Waals surface area contributed by atoms with Crippen LogP contribution in [0, 0.1) is 11.3 Å². The summed E-state index contributed by atoms with van der Waals surface area (Å²) in [6.45, 7) is 0.334. The second-order valence-electron chi connectivity index (χ2n) is 15.2. The summed E-state index contributed by atoms with van der Waals surface area (Å²) in [6, 6.07) is -5.58. The van der Waals surface area contributed by atoms with E-state index in [4.69, 9.17) is 26.8 Å². The molecule has 1 aromatic rings. The van der Waals surface area contributed by atoms with Crippen molar-refractivity contribution in [1.82, 2.24) is 21.3 Å². The molecular formula is C38H50N6O15S2. The molecule has 0 heterocycles. The normalized spacial score (nSPS) is 20.9. The number of carbonyl (C=O) groups excluding carboxylic acids is 5. The number of thioether (sulfide) groups is 2. The smallest absolute Gasteiger partial charge is 0.322 e. The highest BCUT2D eigenvalue weighted by molar-refractivity contribution is 8.00. The van der Waals surface area contributed by atoms with Crippen molar-refractivity contribution in [3.63, 3.8) is 0 Å². The van der Waals surface area contributed by atoms with Gasteiger partial charge < -0.3 is 63.4 Å². The zero-order valence-corrected chi connectivity index (χ0v) is 34.7. The molecule has 2 fully saturated rings. The zero-order chi connectivity index (χ0) is 45.3. The number of Topliss-reactive ketones (excluding diaryl/α,β-unsaturated/α-hetero) is 1. The number of carboxylic acids is 4. The molecular weight excluding hydrogens is 845 g/mol. The van der Waals surface area contributed by atoms with Crippen LogP contribution in [0.15, 0.2) is 21.4 Å². The van der Waals surface area contributed by atoms with Gasteiger partial charge in [-0.15, -0.1) is 23.5 Å². The molecule has 61 heavy (non-hydrogen) atoms. The summed E-state index contributed by atoms with van der Waals surface area (Å²) in [5, 5.41) is 69.2. The average Bonchev–Trinajstić information content (AvgIpc) is 3.51. The number of ketones is 1. The summed E-state index contributed by atoms with van der Waals surface area (Å²) >= 11 is 1.75. The van der Waals surface area contributed by atoms with Gasteiger partial charge in [0.15, 0.2) is 11.5 Å². The second-order valence-corrected chi connectivity index (χ2v) is 17.3. The lowest BCUT2D eigenvalue weighted by atomic mass is 9.60. The lowest BCUT2D eigenvalue weighted by molar-refractivity contribution is -0.140. The predicted octanol–water partition coefficient (Wildman–Crippen LogP) is -0.617. The molecule has 2 saturated carbocycles. The number of aromatic hydroxyl groups is 2. The number of fused-ring (bicyclic) bond motifs is 5. The van der Waals surface area contributed by atoms with Crippen LogP contribution in [0.1, 0.15) is 75.3 Å². The van der Waals surface area contributed by atoms with Gasteiger partial charge in [-0.1, -0.05) is 18.6 Å². The van der Waals surface area contributed by atoms with E-state index in [1.165, 1.54) is 0 Å². The first-order valence-electron chi connectivity index (χ1n) is 19.3. The molecule has 0 aliphatic heterocycles. The quantitative estimate of drug-likeness (QED) is 0.0392. The molecule has 0 unspecified atom stereocenters. The van der Waals surface area contributed by atoms with Crippen LogP contribution < -0.4 is 32.7 Å². The Morgan fingerprint density at radius 2 is 1.25 bits per heavy atom. The molecule has 7 atom stereocenters. The Balaban J connectivity index is 1.72. The lowest BCUT2D eigenvalue weighted by Crippen LogP contribution is -2.49. The van der Waals surface area contributed by atoms with Crippen molar-refractivity contribution in [1.29, 1.82) is 0 Å². The number of phenolic OH excluding ortho intramolecular Hbond substituents is 2. The highest BCUT2D eigenvalue weighted by Gasteiger charge is 2.53. The Labute approximate surface area is 357 Å². The minimum absolute atomic E-state index is 0.111. The van der Waals surface area contributed by atoms with Crippen molar-refractivity contribution < 1.29 is 73.8 Å². The molecule has 0 saturated heterocycles. The van der Waals surface area contributed by atoms with Gasteiger partial charge >= 0.3 is 23.9 Å². The van der Waals surface area contributed by atoms with Crippen molar-refractivity contribution in [2.24, 2.45) is 22.8 Å². The van der Waals surface area contributed by atoms with Crippen molar-refractivity contribution in [2.45, 2.75) is 105 Å². The van der Waals surface area contributed by atoms with Crippen molar-refractivity contribution in [2.75, 3.05) is 24.6 Å².